The highest BCUT2D eigenvalue weighted by Crippen LogP contribution is 2.26. The molecule has 1 amide bonds. The van der Waals surface area contributed by atoms with Gasteiger partial charge in [0.25, 0.3) is 0 Å². The molecule has 1 aliphatic heterocycles. The van der Waals surface area contributed by atoms with E-state index in [-0.39, 0.29) is 28.7 Å². The van der Waals surface area contributed by atoms with Crippen LogP contribution in [0.15, 0.2) is 35.7 Å². The van der Waals surface area contributed by atoms with Gasteiger partial charge in [0.05, 0.1) is 22.4 Å². The molecule has 0 saturated carbocycles. The second-order valence-electron chi connectivity index (χ2n) is 6.07. The van der Waals surface area contributed by atoms with Gasteiger partial charge in [-0.05, 0) is 13.3 Å². The normalized spacial score (nSPS) is 20.3. The summed E-state index contributed by atoms with van der Waals surface area (Å²) in [6.45, 7) is 1.84. The molecule has 0 unspecified atom stereocenters. The summed E-state index contributed by atoms with van der Waals surface area (Å²) in [4.78, 5) is 16.8. The fourth-order valence-electron chi connectivity index (χ4n) is 2.60. The summed E-state index contributed by atoms with van der Waals surface area (Å²) in [6, 6.07) is 9.76. The molecule has 8 heteroatoms. The third-order valence-electron chi connectivity index (χ3n) is 4.00. The van der Waals surface area contributed by atoms with Crippen LogP contribution < -0.4 is 5.32 Å². The highest BCUT2D eigenvalue weighted by atomic mass is 32.2. The molecule has 2 aromatic rings. The van der Waals surface area contributed by atoms with Gasteiger partial charge in [-0.1, -0.05) is 30.3 Å². The summed E-state index contributed by atoms with van der Waals surface area (Å²) in [6.07, 6.45) is 0.512. The number of carbonyl (C=O) groups is 1. The van der Waals surface area contributed by atoms with E-state index in [9.17, 15) is 13.2 Å². The van der Waals surface area contributed by atoms with Crippen molar-refractivity contribution in [3.63, 3.8) is 0 Å². The lowest BCUT2D eigenvalue weighted by Gasteiger charge is -2.15. The van der Waals surface area contributed by atoms with E-state index in [1.54, 1.807) is 11.3 Å². The first-order valence-corrected chi connectivity index (χ1v) is 11.8. The number of rotatable bonds is 6. The zero-order chi connectivity index (χ0) is 17.9. The van der Waals surface area contributed by atoms with Gasteiger partial charge in [-0.2, -0.15) is 0 Å². The molecule has 0 spiro atoms. The van der Waals surface area contributed by atoms with Crippen LogP contribution in [0.1, 0.15) is 19.0 Å². The Morgan fingerprint density at radius 3 is 2.84 bits per heavy atom. The number of aromatic nitrogens is 1. The minimum absolute atomic E-state index is 0.0582. The van der Waals surface area contributed by atoms with E-state index in [4.69, 9.17) is 0 Å². The van der Waals surface area contributed by atoms with E-state index in [1.165, 1.54) is 11.8 Å². The molecule has 2 atom stereocenters. The fraction of sp³-hybridized carbons (Fsp3) is 0.412. The average Bonchev–Trinajstić information content (AvgIpc) is 3.19. The number of nitrogens with one attached hydrogen (secondary N) is 1. The topological polar surface area (TPSA) is 76.1 Å². The monoisotopic (exact) mass is 396 g/mol. The van der Waals surface area contributed by atoms with E-state index in [2.05, 4.69) is 10.3 Å². The molecule has 1 saturated heterocycles. The molecule has 1 aromatic carbocycles. The lowest BCUT2D eigenvalue weighted by Crippen LogP contribution is -2.40. The fourth-order valence-corrected chi connectivity index (χ4v) is 5.99. The minimum atomic E-state index is -2.98. The Morgan fingerprint density at radius 1 is 1.40 bits per heavy atom. The van der Waals surface area contributed by atoms with E-state index < -0.39 is 9.84 Å². The second-order valence-corrected chi connectivity index (χ2v) is 10.5. The van der Waals surface area contributed by atoms with E-state index in [0.717, 1.165) is 16.3 Å². The molecule has 0 radical (unpaired) electrons. The number of nitrogens with zero attached hydrogens (tertiary/aromatic N) is 1. The smallest absolute Gasteiger partial charge is 0.233 e. The lowest BCUT2D eigenvalue weighted by atomic mass is 10.2. The van der Waals surface area contributed by atoms with Gasteiger partial charge in [-0.3, -0.25) is 4.79 Å². The standard InChI is InChI=1S/C17H20N2O3S3/c1-12(16(20)18-14-7-8-25(21,22)11-14)23-9-15-10-24-17(19-15)13-5-3-2-4-6-13/h2-6,10,12,14H,7-9,11H2,1H3,(H,18,20)/t12-,14-/m1/s1. The van der Waals surface area contributed by atoms with Crippen molar-refractivity contribution in [3.05, 3.63) is 41.4 Å². The van der Waals surface area contributed by atoms with Crippen LogP contribution in [0.4, 0.5) is 0 Å². The molecule has 5 nitrogen and oxygen atoms in total. The molecule has 1 N–H and O–H groups in total. The Bertz CT molecular complexity index is 834. The highest BCUT2D eigenvalue weighted by molar-refractivity contribution is 7.99. The van der Waals surface area contributed by atoms with Crippen LogP contribution in [0.5, 0.6) is 0 Å². The number of benzene rings is 1. The molecule has 1 aliphatic rings. The molecule has 2 heterocycles. The van der Waals surface area contributed by atoms with Crippen LogP contribution in [-0.2, 0) is 20.4 Å². The summed E-state index contributed by atoms with van der Waals surface area (Å²) < 4.78 is 22.9. The maximum atomic E-state index is 12.2. The molecular weight excluding hydrogens is 376 g/mol. The SMILES string of the molecule is C[C@@H](SCc1csc(-c2ccccc2)n1)C(=O)N[C@@H]1CCS(=O)(=O)C1. The lowest BCUT2D eigenvalue weighted by molar-refractivity contribution is -0.120. The Labute approximate surface area is 156 Å². The molecule has 25 heavy (non-hydrogen) atoms. The first-order chi connectivity index (χ1) is 11.9. The number of hydrogen-bond acceptors (Lipinski definition) is 6. The number of hydrogen-bond donors (Lipinski definition) is 1. The van der Waals surface area contributed by atoms with E-state index in [1.807, 2.05) is 42.6 Å². The summed E-state index contributed by atoms with van der Waals surface area (Å²) in [5, 5.41) is 5.59. The summed E-state index contributed by atoms with van der Waals surface area (Å²) in [5.74, 6) is 0.773. The van der Waals surface area contributed by atoms with Crippen molar-refractivity contribution in [3.8, 4) is 10.6 Å². The minimum Gasteiger partial charge on any atom is -0.351 e. The third kappa shape index (κ3) is 5.05. The number of sulfone groups is 1. The third-order valence-corrected chi connectivity index (χ3v) is 7.89. The van der Waals surface area contributed by atoms with Crippen molar-refractivity contribution in [2.75, 3.05) is 11.5 Å². The summed E-state index contributed by atoms with van der Waals surface area (Å²) in [7, 11) is -2.98. The van der Waals surface area contributed by atoms with Gasteiger partial charge < -0.3 is 5.32 Å². The van der Waals surface area contributed by atoms with Crippen molar-refractivity contribution >= 4 is 38.8 Å². The predicted molar refractivity (Wildman–Crippen MR) is 104 cm³/mol. The van der Waals surface area contributed by atoms with Crippen LogP contribution in [-0.4, -0.2) is 42.1 Å². The van der Waals surface area contributed by atoms with Crippen LogP contribution in [0, 0.1) is 0 Å². The molecular formula is C17H20N2O3S3. The van der Waals surface area contributed by atoms with Gasteiger partial charge in [0.15, 0.2) is 9.84 Å². The molecule has 1 fully saturated rings. The molecule has 1 aromatic heterocycles. The van der Waals surface area contributed by atoms with Crippen LogP contribution in [0.2, 0.25) is 0 Å². The second kappa shape index (κ2) is 7.88. The van der Waals surface area contributed by atoms with Crippen LogP contribution in [0.25, 0.3) is 10.6 Å². The Morgan fingerprint density at radius 2 is 2.16 bits per heavy atom. The zero-order valence-electron chi connectivity index (χ0n) is 13.8. The van der Waals surface area contributed by atoms with Crippen molar-refractivity contribution in [1.29, 1.82) is 0 Å². The Kier molecular flexibility index (Phi) is 5.81. The van der Waals surface area contributed by atoms with Gasteiger partial charge in [0.2, 0.25) is 5.91 Å². The maximum Gasteiger partial charge on any atom is 0.233 e. The average molecular weight is 397 g/mol. The number of thioether (sulfide) groups is 1. The van der Waals surface area contributed by atoms with Gasteiger partial charge in [0, 0.05) is 22.7 Å². The first-order valence-electron chi connectivity index (χ1n) is 8.05. The molecule has 0 bridgehead atoms. The van der Waals surface area contributed by atoms with Gasteiger partial charge in [0.1, 0.15) is 5.01 Å². The van der Waals surface area contributed by atoms with Crippen molar-refractivity contribution in [2.45, 2.75) is 30.4 Å². The highest BCUT2D eigenvalue weighted by Gasteiger charge is 2.30. The first kappa shape index (κ1) is 18.4. The van der Waals surface area contributed by atoms with Crippen molar-refractivity contribution in [1.82, 2.24) is 10.3 Å². The Hall–Kier alpha value is -1.38. The van der Waals surface area contributed by atoms with Crippen molar-refractivity contribution in [2.24, 2.45) is 0 Å². The van der Waals surface area contributed by atoms with Crippen LogP contribution in [0.3, 0.4) is 0 Å². The molecule has 134 valence electrons. The Balaban J connectivity index is 1.50. The largest absolute Gasteiger partial charge is 0.351 e. The molecule has 0 aliphatic carbocycles. The van der Waals surface area contributed by atoms with Gasteiger partial charge in [-0.15, -0.1) is 23.1 Å². The summed E-state index contributed by atoms with van der Waals surface area (Å²) >= 11 is 3.11. The van der Waals surface area contributed by atoms with E-state index >= 15 is 0 Å². The number of amides is 1. The van der Waals surface area contributed by atoms with Crippen LogP contribution >= 0.6 is 23.1 Å². The number of thiazole rings is 1. The maximum absolute atomic E-state index is 12.2. The summed E-state index contributed by atoms with van der Waals surface area (Å²) in [5.41, 5.74) is 2.05. The van der Waals surface area contributed by atoms with E-state index in [0.29, 0.717) is 12.2 Å². The quantitative estimate of drug-likeness (QED) is 0.812. The predicted octanol–water partition coefficient (Wildman–Crippen LogP) is 2.74. The van der Waals surface area contributed by atoms with Gasteiger partial charge in [-0.25, -0.2) is 13.4 Å². The zero-order valence-corrected chi connectivity index (χ0v) is 16.3. The molecule has 3 rings (SSSR count). The number of carbonyl (C=O) groups excluding carboxylic acids is 1. The van der Waals surface area contributed by atoms with Crippen molar-refractivity contribution < 1.29 is 13.2 Å². The van der Waals surface area contributed by atoms with Gasteiger partial charge >= 0.3 is 0 Å².